The van der Waals surface area contributed by atoms with Crippen molar-refractivity contribution >= 4 is 17.9 Å². The second kappa shape index (κ2) is 26.3. The molecule has 0 atom stereocenters. The number of carboxylic acid groups (broad SMARTS) is 1. The minimum absolute atomic E-state index is 0.194. The first-order valence-electron chi connectivity index (χ1n) is 16.2. The summed E-state index contributed by atoms with van der Waals surface area (Å²) in [6.07, 6.45) is 22.1. The number of unbranched alkanes of at least 4 members (excludes halogenated alkanes) is 16. The predicted octanol–water partition coefficient (Wildman–Crippen LogP) is 8.62. The van der Waals surface area contributed by atoms with Crippen molar-refractivity contribution in [3.05, 3.63) is 49.1 Å². The molecule has 8 heteroatoms. The van der Waals surface area contributed by atoms with Crippen LogP contribution in [0.5, 0.6) is 11.5 Å². The van der Waals surface area contributed by atoms with Gasteiger partial charge in [-0.1, -0.05) is 103 Å². The molecule has 1 aromatic carbocycles. The van der Waals surface area contributed by atoms with Gasteiger partial charge in [-0.05, 0) is 43.9 Å². The highest BCUT2D eigenvalue weighted by Gasteiger charge is 2.11. The summed E-state index contributed by atoms with van der Waals surface area (Å²) in [7, 11) is 0. The van der Waals surface area contributed by atoms with E-state index < -0.39 is 5.97 Å². The summed E-state index contributed by atoms with van der Waals surface area (Å²) < 4.78 is 21.9. The summed E-state index contributed by atoms with van der Waals surface area (Å²) in [5, 5.41) is 9.38. The molecule has 0 aliphatic rings. The Kier molecular flexibility index (Phi) is 23.1. The molecule has 242 valence electrons. The molecule has 0 fully saturated rings. The molecular weight excluding hydrogens is 548 g/mol. The van der Waals surface area contributed by atoms with Gasteiger partial charge < -0.3 is 24.1 Å². The minimum atomic E-state index is -0.981. The van der Waals surface area contributed by atoms with Crippen molar-refractivity contribution in [3.8, 4) is 11.5 Å². The van der Waals surface area contributed by atoms with Gasteiger partial charge in [0.25, 0.3) is 0 Å². The largest absolute Gasteiger partial charge is 0.490 e. The van der Waals surface area contributed by atoms with Crippen molar-refractivity contribution in [2.75, 3.05) is 26.4 Å². The van der Waals surface area contributed by atoms with Crippen LogP contribution in [-0.4, -0.2) is 49.4 Å². The smallest absolute Gasteiger partial charge is 0.335 e. The van der Waals surface area contributed by atoms with Gasteiger partial charge >= 0.3 is 17.9 Å². The lowest BCUT2D eigenvalue weighted by Gasteiger charge is -2.14. The van der Waals surface area contributed by atoms with Gasteiger partial charge in [-0.15, -0.1) is 0 Å². The molecule has 0 aliphatic carbocycles. The zero-order valence-electron chi connectivity index (χ0n) is 26.2. The predicted molar refractivity (Wildman–Crippen MR) is 170 cm³/mol. The van der Waals surface area contributed by atoms with Crippen molar-refractivity contribution in [1.29, 1.82) is 0 Å². The van der Waals surface area contributed by atoms with Crippen LogP contribution in [0.4, 0.5) is 0 Å². The molecule has 0 saturated carbocycles. The molecule has 0 bridgehead atoms. The van der Waals surface area contributed by atoms with Crippen molar-refractivity contribution in [1.82, 2.24) is 0 Å². The van der Waals surface area contributed by atoms with E-state index in [0.29, 0.717) is 37.9 Å². The Hall–Kier alpha value is -3.29. The third kappa shape index (κ3) is 21.1. The van der Waals surface area contributed by atoms with Gasteiger partial charge in [-0.2, -0.15) is 0 Å². The maximum Gasteiger partial charge on any atom is 0.335 e. The van der Waals surface area contributed by atoms with E-state index >= 15 is 0 Å². The van der Waals surface area contributed by atoms with Gasteiger partial charge in [-0.3, -0.25) is 0 Å². The number of ether oxygens (including phenoxy) is 4. The first-order valence-corrected chi connectivity index (χ1v) is 16.2. The number of carbonyl (C=O) groups is 3. The van der Waals surface area contributed by atoms with Crippen LogP contribution in [0.3, 0.4) is 0 Å². The lowest BCUT2D eigenvalue weighted by Crippen LogP contribution is -2.05. The number of carbonyl (C=O) groups excluding carboxylic acids is 2. The second-order valence-corrected chi connectivity index (χ2v) is 10.8. The van der Waals surface area contributed by atoms with Crippen molar-refractivity contribution < 1.29 is 38.4 Å². The number of hydrogen-bond donors (Lipinski definition) is 1. The molecule has 0 radical (unpaired) electrons. The Morgan fingerprint density at radius 2 is 0.884 bits per heavy atom. The summed E-state index contributed by atoms with van der Waals surface area (Å²) in [6.45, 7) is 8.81. The van der Waals surface area contributed by atoms with Crippen LogP contribution < -0.4 is 9.47 Å². The van der Waals surface area contributed by atoms with Gasteiger partial charge in [0.2, 0.25) is 0 Å². The molecule has 0 saturated heterocycles. The maximum atomic E-state index is 11.4. The number of esters is 2. The molecule has 0 spiro atoms. The fraction of sp³-hybridized carbons (Fsp3) is 0.629. The first-order chi connectivity index (χ1) is 21.0. The lowest BCUT2D eigenvalue weighted by molar-refractivity contribution is -0.138. The zero-order chi connectivity index (χ0) is 31.4. The van der Waals surface area contributed by atoms with E-state index in [0.717, 1.165) is 77.0 Å². The Balaban J connectivity index is 2.12. The monoisotopic (exact) mass is 602 g/mol. The molecule has 1 rings (SSSR count). The summed E-state index contributed by atoms with van der Waals surface area (Å²) in [5.74, 6) is -0.590. The molecule has 0 aliphatic heterocycles. The minimum Gasteiger partial charge on any atom is -0.490 e. The Morgan fingerprint density at radius 1 is 0.535 bits per heavy atom. The van der Waals surface area contributed by atoms with E-state index in [1.165, 1.54) is 50.7 Å². The number of hydrogen-bond acceptors (Lipinski definition) is 7. The third-order valence-electron chi connectivity index (χ3n) is 7.11. The van der Waals surface area contributed by atoms with Gasteiger partial charge in [0.05, 0.1) is 32.0 Å². The van der Waals surface area contributed by atoms with Crippen LogP contribution in [0.25, 0.3) is 0 Å². The highest BCUT2D eigenvalue weighted by Crippen LogP contribution is 2.29. The Labute approximate surface area is 258 Å². The topological polar surface area (TPSA) is 108 Å². The second-order valence-electron chi connectivity index (χ2n) is 10.8. The molecule has 1 aromatic rings. The summed E-state index contributed by atoms with van der Waals surface area (Å²) >= 11 is 0. The summed E-state index contributed by atoms with van der Waals surface area (Å²) in [5.41, 5.74) is 0.194. The van der Waals surface area contributed by atoms with E-state index in [4.69, 9.17) is 18.9 Å². The van der Waals surface area contributed by atoms with Crippen LogP contribution in [0, 0.1) is 0 Å². The van der Waals surface area contributed by atoms with Crippen LogP contribution in [0.1, 0.15) is 126 Å². The number of carboxylic acids is 1. The van der Waals surface area contributed by atoms with E-state index in [-0.39, 0.29) is 17.5 Å². The van der Waals surface area contributed by atoms with E-state index in [9.17, 15) is 19.5 Å². The van der Waals surface area contributed by atoms with Crippen LogP contribution >= 0.6 is 0 Å². The molecule has 0 unspecified atom stereocenters. The molecule has 1 N–H and O–H groups in total. The Morgan fingerprint density at radius 3 is 1.26 bits per heavy atom. The molecule has 8 nitrogen and oxygen atoms in total. The fourth-order valence-corrected chi connectivity index (χ4v) is 4.58. The van der Waals surface area contributed by atoms with Crippen LogP contribution in [-0.2, 0) is 19.1 Å². The fourth-order valence-electron chi connectivity index (χ4n) is 4.58. The number of benzene rings is 1. The van der Waals surface area contributed by atoms with Crippen molar-refractivity contribution in [2.45, 2.75) is 116 Å². The highest BCUT2D eigenvalue weighted by atomic mass is 16.5. The average molecular weight is 603 g/mol. The normalized spacial score (nSPS) is 10.6. The molecular formula is C35H54O8. The SMILES string of the molecule is C=CC(=O)OCCCCCCCCCCCOc1ccc(C(=O)O)cc1OCCCCCCCCCCCOC(=O)C=C. The van der Waals surface area contributed by atoms with Crippen LogP contribution in [0.15, 0.2) is 43.5 Å². The summed E-state index contributed by atoms with van der Waals surface area (Å²) in [4.78, 5) is 33.4. The quantitative estimate of drug-likeness (QED) is 0.0551. The highest BCUT2D eigenvalue weighted by molar-refractivity contribution is 5.88. The Bertz CT molecular complexity index is 926. The summed E-state index contributed by atoms with van der Waals surface area (Å²) in [6, 6.07) is 4.81. The van der Waals surface area contributed by atoms with Gasteiger partial charge in [0, 0.05) is 12.2 Å². The molecule has 0 aromatic heterocycles. The zero-order valence-corrected chi connectivity index (χ0v) is 26.2. The van der Waals surface area contributed by atoms with Crippen molar-refractivity contribution in [3.63, 3.8) is 0 Å². The molecule has 0 amide bonds. The van der Waals surface area contributed by atoms with Gasteiger partial charge in [-0.25, -0.2) is 14.4 Å². The third-order valence-corrected chi connectivity index (χ3v) is 7.11. The number of aromatic carboxylic acids is 1. The maximum absolute atomic E-state index is 11.4. The van der Waals surface area contributed by atoms with Crippen molar-refractivity contribution in [2.24, 2.45) is 0 Å². The van der Waals surface area contributed by atoms with E-state index in [1.54, 1.807) is 18.2 Å². The first kappa shape index (κ1) is 37.7. The lowest BCUT2D eigenvalue weighted by atomic mass is 10.1. The molecule has 0 heterocycles. The van der Waals surface area contributed by atoms with Gasteiger partial charge in [0.15, 0.2) is 11.5 Å². The number of rotatable bonds is 29. The van der Waals surface area contributed by atoms with Crippen LogP contribution in [0.2, 0.25) is 0 Å². The van der Waals surface area contributed by atoms with E-state index in [2.05, 4.69) is 13.2 Å². The van der Waals surface area contributed by atoms with Gasteiger partial charge in [0.1, 0.15) is 0 Å². The molecule has 43 heavy (non-hydrogen) atoms. The van der Waals surface area contributed by atoms with E-state index in [1.807, 2.05) is 0 Å². The standard InChI is InChI=1S/C35H54O8/c1-3-33(36)42-27-21-17-13-9-5-7-11-15-19-25-40-31-24-23-30(35(38)39)29-32(31)41-26-20-16-12-8-6-10-14-18-22-28-43-34(37)4-2/h3-4,23-24,29H,1-2,5-22,25-28H2,(H,38,39). The average Bonchev–Trinajstić information content (AvgIpc) is 3.01.